The van der Waals surface area contributed by atoms with E-state index in [4.69, 9.17) is 0 Å². The summed E-state index contributed by atoms with van der Waals surface area (Å²) in [7, 11) is 2.15. The van der Waals surface area contributed by atoms with Crippen LogP contribution in [0.2, 0.25) is 0 Å². The zero-order valence-electron chi connectivity index (χ0n) is 18.6. The second-order valence-corrected chi connectivity index (χ2v) is 9.01. The van der Waals surface area contributed by atoms with E-state index in [1.165, 1.54) is 60.8 Å². The number of rotatable bonds is 2. The fourth-order valence-corrected chi connectivity index (χ4v) is 5.62. The molecule has 2 aromatic heterocycles. The zero-order chi connectivity index (χ0) is 21.9. The second kappa shape index (κ2) is 6.98. The Morgan fingerprint density at radius 1 is 0.636 bits per heavy atom. The molecule has 6 aromatic rings. The van der Waals surface area contributed by atoms with Gasteiger partial charge in [0.05, 0.1) is 5.52 Å². The lowest BCUT2D eigenvalue weighted by Crippen LogP contribution is -2.02. The highest BCUT2D eigenvalue weighted by Gasteiger charge is 2.19. The van der Waals surface area contributed by atoms with Gasteiger partial charge in [-0.3, -0.25) is 0 Å². The lowest BCUT2D eigenvalue weighted by Gasteiger charge is -2.13. The summed E-state index contributed by atoms with van der Waals surface area (Å²) in [5.74, 6) is 0. The molecule has 0 saturated heterocycles. The first kappa shape index (κ1) is 18.5. The van der Waals surface area contributed by atoms with E-state index in [2.05, 4.69) is 119 Å². The molecular weight excluding hydrogens is 400 g/mol. The molecule has 0 saturated carbocycles. The zero-order valence-corrected chi connectivity index (χ0v) is 18.6. The first-order valence-electron chi connectivity index (χ1n) is 11.7. The average molecular weight is 425 g/mol. The predicted molar refractivity (Wildman–Crippen MR) is 140 cm³/mol. The van der Waals surface area contributed by atoms with Gasteiger partial charge in [0.15, 0.2) is 0 Å². The van der Waals surface area contributed by atoms with Crippen LogP contribution < -0.4 is 0 Å². The van der Waals surface area contributed by atoms with Crippen LogP contribution in [0.25, 0.3) is 55.6 Å². The fourth-order valence-electron chi connectivity index (χ4n) is 5.62. The third kappa shape index (κ3) is 2.67. The maximum absolute atomic E-state index is 2.45. The Kier molecular flexibility index (Phi) is 3.92. The number of aryl methyl sites for hydroxylation is 1. The van der Waals surface area contributed by atoms with E-state index < -0.39 is 0 Å². The highest BCUT2D eigenvalue weighted by atomic mass is 15.0. The molecule has 1 aliphatic rings. The standard InChI is InChI=1S/C31H24N2/c1-32-28-13-7-5-11-24(28)26-19-21(15-17-29(26)32)22-16-18-31-27(20-22)25-12-6-8-14-30(25)33(31)23-9-3-2-4-10-23/h2-7,9-13,15-20H,8,14H2,1H3. The number of hydrogen-bond acceptors (Lipinski definition) is 0. The van der Waals surface area contributed by atoms with E-state index in [1.807, 2.05) is 0 Å². The van der Waals surface area contributed by atoms with Crippen molar-refractivity contribution in [3.05, 3.63) is 108 Å². The summed E-state index contributed by atoms with van der Waals surface area (Å²) in [5.41, 5.74) is 10.4. The van der Waals surface area contributed by atoms with Crippen molar-refractivity contribution in [2.45, 2.75) is 12.8 Å². The SMILES string of the molecule is Cn1c2ccccc2c2cc(-c3ccc4c(c3)c3c(n4-c4ccccc4)CCC=C3)ccc21. The number of nitrogens with zero attached hydrogens (tertiary/aromatic N) is 2. The van der Waals surface area contributed by atoms with Gasteiger partial charge in [0.25, 0.3) is 0 Å². The van der Waals surface area contributed by atoms with Gasteiger partial charge in [-0.25, -0.2) is 0 Å². The van der Waals surface area contributed by atoms with Gasteiger partial charge in [-0.05, 0) is 66.4 Å². The number of para-hydroxylation sites is 2. The van der Waals surface area contributed by atoms with Gasteiger partial charge in [0.1, 0.15) is 0 Å². The predicted octanol–water partition coefficient (Wildman–Crippen LogP) is 7.90. The Hall–Kier alpha value is -4.04. The number of allylic oxidation sites excluding steroid dienone is 1. The molecule has 2 nitrogen and oxygen atoms in total. The molecule has 0 atom stereocenters. The van der Waals surface area contributed by atoms with E-state index in [9.17, 15) is 0 Å². The molecule has 0 fully saturated rings. The summed E-state index contributed by atoms with van der Waals surface area (Å²) in [6, 6.07) is 33.3. The molecule has 2 heteroatoms. The van der Waals surface area contributed by atoms with Gasteiger partial charge >= 0.3 is 0 Å². The molecule has 0 unspecified atom stereocenters. The summed E-state index contributed by atoms with van der Waals surface area (Å²) in [4.78, 5) is 0. The lowest BCUT2D eigenvalue weighted by atomic mass is 9.98. The third-order valence-corrected chi connectivity index (χ3v) is 7.20. The minimum absolute atomic E-state index is 1.08. The summed E-state index contributed by atoms with van der Waals surface area (Å²) in [5, 5.41) is 3.96. The molecule has 0 radical (unpaired) electrons. The lowest BCUT2D eigenvalue weighted by molar-refractivity contribution is 0.888. The number of benzene rings is 4. The molecule has 0 N–H and O–H groups in total. The highest BCUT2D eigenvalue weighted by molar-refractivity contribution is 6.09. The van der Waals surface area contributed by atoms with E-state index in [0.717, 1.165) is 12.8 Å². The van der Waals surface area contributed by atoms with Gasteiger partial charge in [-0.2, -0.15) is 0 Å². The topological polar surface area (TPSA) is 9.86 Å². The van der Waals surface area contributed by atoms with E-state index >= 15 is 0 Å². The molecule has 158 valence electrons. The number of aromatic nitrogens is 2. The molecule has 2 heterocycles. The van der Waals surface area contributed by atoms with Crippen LogP contribution >= 0.6 is 0 Å². The van der Waals surface area contributed by atoms with E-state index in [1.54, 1.807) is 0 Å². The third-order valence-electron chi connectivity index (χ3n) is 7.20. The monoisotopic (exact) mass is 424 g/mol. The second-order valence-electron chi connectivity index (χ2n) is 9.01. The Balaban J connectivity index is 1.46. The molecule has 1 aliphatic carbocycles. The first-order chi connectivity index (χ1) is 16.3. The largest absolute Gasteiger partial charge is 0.344 e. The summed E-state index contributed by atoms with van der Waals surface area (Å²) in [6.45, 7) is 0. The van der Waals surface area contributed by atoms with E-state index in [0.29, 0.717) is 0 Å². The van der Waals surface area contributed by atoms with Crippen molar-refractivity contribution in [1.29, 1.82) is 0 Å². The van der Waals surface area contributed by atoms with E-state index in [-0.39, 0.29) is 0 Å². The fraction of sp³-hybridized carbons (Fsp3) is 0.0968. The van der Waals surface area contributed by atoms with Crippen LogP contribution in [0.1, 0.15) is 17.7 Å². The Morgan fingerprint density at radius 2 is 1.33 bits per heavy atom. The van der Waals surface area contributed by atoms with Crippen molar-refractivity contribution in [2.24, 2.45) is 7.05 Å². The number of hydrogen-bond donors (Lipinski definition) is 0. The van der Waals surface area contributed by atoms with Crippen LogP contribution in [0.4, 0.5) is 0 Å². The molecule has 0 bridgehead atoms. The van der Waals surface area contributed by atoms with Crippen LogP contribution in [0, 0.1) is 0 Å². The molecular formula is C31H24N2. The summed E-state index contributed by atoms with van der Waals surface area (Å²) >= 11 is 0. The summed E-state index contributed by atoms with van der Waals surface area (Å²) < 4.78 is 4.74. The Bertz CT molecular complexity index is 1710. The summed E-state index contributed by atoms with van der Waals surface area (Å²) in [6.07, 6.45) is 6.80. The first-order valence-corrected chi connectivity index (χ1v) is 11.7. The molecule has 0 spiro atoms. The van der Waals surface area contributed by atoms with Gasteiger partial charge in [-0.15, -0.1) is 0 Å². The maximum atomic E-state index is 2.45. The van der Waals surface area contributed by atoms with Crippen LogP contribution in [-0.4, -0.2) is 9.13 Å². The quantitative estimate of drug-likeness (QED) is 0.267. The Morgan fingerprint density at radius 3 is 2.18 bits per heavy atom. The van der Waals surface area contributed by atoms with Gasteiger partial charge < -0.3 is 9.13 Å². The van der Waals surface area contributed by atoms with Crippen LogP contribution in [0.15, 0.2) is 97.1 Å². The van der Waals surface area contributed by atoms with Gasteiger partial charge in [-0.1, -0.05) is 60.7 Å². The minimum Gasteiger partial charge on any atom is -0.344 e. The van der Waals surface area contributed by atoms with Crippen LogP contribution in [-0.2, 0) is 13.5 Å². The minimum atomic E-state index is 1.08. The maximum Gasteiger partial charge on any atom is 0.0538 e. The van der Waals surface area contributed by atoms with Crippen molar-refractivity contribution in [2.75, 3.05) is 0 Å². The molecule has 7 rings (SSSR count). The Labute approximate surface area is 193 Å². The molecule has 4 aromatic carbocycles. The van der Waals surface area contributed by atoms with Gasteiger partial charge in [0, 0.05) is 51.2 Å². The molecule has 0 amide bonds. The smallest absolute Gasteiger partial charge is 0.0538 e. The van der Waals surface area contributed by atoms with Gasteiger partial charge in [0.2, 0.25) is 0 Å². The van der Waals surface area contributed by atoms with Crippen LogP contribution in [0.5, 0.6) is 0 Å². The molecule has 33 heavy (non-hydrogen) atoms. The van der Waals surface area contributed by atoms with Crippen molar-refractivity contribution >= 4 is 38.8 Å². The van der Waals surface area contributed by atoms with Crippen molar-refractivity contribution in [3.63, 3.8) is 0 Å². The normalized spacial score (nSPS) is 13.2. The molecule has 0 aliphatic heterocycles. The number of fused-ring (bicyclic) bond motifs is 6. The van der Waals surface area contributed by atoms with Crippen molar-refractivity contribution < 1.29 is 0 Å². The van der Waals surface area contributed by atoms with Crippen molar-refractivity contribution in [1.82, 2.24) is 9.13 Å². The highest BCUT2D eigenvalue weighted by Crippen LogP contribution is 2.37. The van der Waals surface area contributed by atoms with Crippen LogP contribution in [0.3, 0.4) is 0 Å². The average Bonchev–Trinajstić information content (AvgIpc) is 3.36. The van der Waals surface area contributed by atoms with Crippen molar-refractivity contribution in [3.8, 4) is 16.8 Å².